The third-order valence-corrected chi connectivity index (χ3v) is 13.0. The van der Waals surface area contributed by atoms with Crippen LogP contribution in [0, 0.1) is 0 Å². The van der Waals surface area contributed by atoms with Gasteiger partial charge in [0.25, 0.3) is 5.91 Å². The van der Waals surface area contributed by atoms with Crippen molar-refractivity contribution in [2.24, 2.45) is 0 Å². The van der Waals surface area contributed by atoms with Gasteiger partial charge >= 0.3 is 14.5 Å². The first kappa shape index (κ1) is 26.3. The summed E-state index contributed by atoms with van der Waals surface area (Å²) >= 11 is 0. The van der Waals surface area contributed by atoms with Gasteiger partial charge in [0.05, 0.1) is 6.61 Å². The monoisotopic (exact) mass is 433 g/mol. The van der Waals surface area contributed by atoms with Gasteiger partial charge < -0.3 is 18.3 Å². The molecule has 27 heavy (non-hydrogen) atoms. The van der Waals surface area contributed by atoms with Gasteiger partial charge in [0, 0.05) is 6.54 Å². The van der Waals surface area contributed by atoms with Crippen LogP contribution in [0.4, 0.5) is 0 Å². The van der Waals surface area contributed by atoms with Crippen LogP contribution >= 0.6 is 0 Å². The fourth-order valence-electron chi connectivity index (χ4n) is 2.85. The number of hydrogen-bond acceptors (Lipinski definition) is 5. The van der Waals surface area contributed by atoms with Crippen molar-refractivity contribution in [1.29, 1.82) is 0 Å². The Hall–Kier alpha value is -0.749. The van der Waals surface area contributed by atoms with Crippen LogP contribution in [0.25, 0.3) is 0 Å². The molecule has 0 atom stereocenters. The Kier molecular flexibility index (Phi) is 10.4. The molecule has 1 amide bonds. The highest BCUT2D eigenvalue weighted by Crippen LogP contribution is 2.25. The zero-order valence-corrected chi connectivity index (χ0v) is 21.9. The summed E-state index contributed by atoms with van der Waals surface area (Å²) in [5, 5.41) is 2.84. The lowest BCUT2D eigenvalue weighted by molar-refractivity contribution is -0.140. The van der Waals surface area contributed by atoms with Crippen molar-refractivity contribution in [3.63, 3.8) is 0 Å². The van der Waals surface area contributed by atoms with E-state index in [4.69, 9.17) is 13.0 Å². The van der Waals surface area contributed by atoms with Crippen LogP contribution in [-0.4, -0.2) is 50.2 Å². The summed E-state index contributed by atoms with van der Waals surface area (Å²) in [6.45, 7) is 21.1. The van der Waals surface area contributed by atoms with Gasteiger partial charge in [-0.15, -0.1) is 0 Å². The second kappa shape index (κ2) is 10.7. The van der Waals surface area contributed by atoms with E-state index in [1.165, 1.54) is 0 Å². The van der Waals surface area contributed by atoms with E-state index in [2.05, 4.69) is 51.1 Å². The minimum absolute atomic E-state index is 0.0913. The van der Waals surface area contributed by atoms with E-state index in [0.29, 0.717) is 12.1 Å². The lowest BCUT2D eigenvalue weighted by atomic mass is 10.1. The topological polar surface area (TPSA) is 73.9 Å². The van der Waals surface area contributed by atoms with Crippen LogP contribution in [0.5, 0.6) is 0 Å². The van der Waals surface area contributed by atoms with Crippen molar-refractivity contribution in [3.05, 3.63) is 11.1 Å². The molecule has 0 aliphatic rings. The third kappa shape index (κ3) is 11.6. The van der Waals surface area contributed by atoms with E-state index in [0.717, 1.165) is 12.5 Å². The molecule has 0 aromatic heterocycles. The van der Waals surface area contributed by atoms with Gasteiger partial charge in [-0.1, -0.05) is 5.57 Å². The van der Waals surface area contributed by atoms with Crippen molar-refractivity contribution in [3.8, 4) is 0 Å². The molecule has 0 rings (SSSR count). The highest BCUT2D eigenvalue weighted by molar-refractivity contribution is 6.87. The molecule has 0 aromatic carbocycles. The number of hydrogen-bond donors (Lipinski definition) is 1. The summed E-state index contributed by atoms with van der Waals surface area (Å²) in [6.07, 6.45) is 0.752. The number of esters is 1. The molecule has 9 heteroatoms. The van der Waals surface area contributed by atoms with Gasteiger partial charge in [0.1, 0.15) is 5.57 Å². The fraction of sp³-hybridized carbons (Fsp3) is 0.778. The maximum absolute atomic E-state index is 12.4. The molecule has 0 saturated heterocycles. The number of allylic oxidation sites excluding steroid dienone is 1. The molecule has 0 bridgehead atoms. The van der Waals surface area contributed by atoms with Crippen LogP contribution in [0.3, 0.4) is 0 Å². The molecule has 158 valence electrons. The largest absolute Gasteiger partial charge is 0.462 e. The molecule has 0 aromatic rings. The molecular weight excluding hydrogens is 394 g/mol. The predicted molar refractivity (Wildman–Crippen MR) is 118 cm³/mol. The maximum Gasteiger partial charge on any atom is 0.343 e. The van der Waals surface area contributed by atoms with Crippen molar-refractivity contribution >= 4 is 37.1 Å². The molecule has 0 spiro atoms. The lowest BCUT2D eigenvalue weighted by Crippen LogP contribution is -2.52. The number of amides is 1. The van der Waals surface area contributed by atoms with Crippen molar-refractivity contribution in [1.82, 2.24) is 5.32 Å². The van der Waals surface area contributed by atoms with Crippen LogP contribution in [-0.2, 0) is 22.6 Å². The Morgan fingerprint density at radius 3 is 1.74 bits per heavy atom. The molecule has 0 heterocycles. The van der Waals surface area contributed by atoms with E-state index in [1.807, 2.05) is 0 Å². The van der Waals surface area contributed by atoms with Crippen molar-refractivity contribution in [2.75, 3.05) is 13.2 Å². The van der Waals surface area contributed by atoms with Crippen LogP contribution in [0.15, 0.2) is 11.1 Å². The number of ether oxygens (including phenoxy) is 1. The van der Waals surface area contributed by atoms with Crippen LogP contribution < -0.4 is 5.32 Å². The quantitative estimate of drug-likeness (QED) is 0.132. The standard InChI is InChI=1S/C18H39NO5Si3/c1-11-22-18(21)16(15(2)3)17(20)19-13-12-14-27(10,23-25(4,5)6)24-26(7,8)9/h11-14H2,1-10H3,(H,19,20). The summed E-state index contributed by atoms with van der Waals surface area (Å²) in [7, 11) is -5.76. The average molecular weight is 434 g/mol. The highest BCUT2D eigenvalue weighted by atomic mass is 28.5. The second-order valence-electron chi connectivity index (χ2n) is 9.02. The molecule has 6 nitrogen and oxygen atoms in total. The molecule has 0 aliphatic carbocycles. The molecule has 0 aliphatic heterocycles. The van der Waals surface area contributed by atoms with Gasteiger partial charge in [-0.25, -0.2) is 4.79 Å². The Morgan fingerprint density at radius 2 is 1.37 bits per heavy atom. The predicted octanol–water partition coefficient (Wildman–Crippen LogP) is 4.17. The number of rotatable bonds is 11. The molecule has 0 fully saturated rings. The Labute approximate surface area is 168 Å². The highest BCUT2D eigenvalue weighted by Gasteiger charge is 2.39. The molecular formula is C18H39NO5Si3. The Balaban J connectivity index is 4.87. The first-order valence-corrected chi connectivity index (χ1v) is 19.0. The van der Waals surface area contributed by atoms with E-state index in [1.54, 1.807) is 20.8 Å². The zero-order valence-electron chi connectivity index (χ0n) is 18.9. The smallest absolute Gasteiger partial charge is 0.343 e. The van der Waals surface area contributed by atoms with E-state index < -0.39 is 31.2 Å². The SMILES string of the molecule is CCOC(=O)C(C(=O)NCCC[Si](C)(O[Si](C)(C)C)O[Si](C)(C)C)=C(C)C. The van der Waals surface area contributed by atoms with Crippen molar-refractivity contribution < 1.29 is 22.6 Å². The molecule has 0 saturated carbocycles. The minimum atomic E-state index is -2.31. The Morgan fingerprint density at radius 1 is 0.889 bits per heavy atom. The summed E-state index contributed by atoms with van der Waals surface area (Å²) < 4.78 is 17.9. The lowest BCUT2D eigenvalue weighted by Gasteiger charge is -2.38. The van der Waals surface area contributed by atoms with Gasteiger partial charge in [-0.3, -0.25) is 4.79 Å². The minimum Gasteiger partial charge on any atom is -0.462 e. The second-order valence-corrected chi connectivity index (χ2v) is 21.9. The van der Waals surface area contributed by atoms with Gasteiger partial charge in [0.2, 0.25) is 0 Å². The van der Waals surface area contributed by atoms with Gasteiger partial charge in [0.15, 0.2) is 16.6 Å². The first-order chi connectivity index (χ1) is 12.1. The zero-order chi connectivity index (χ0) is 21.5. The molecule has 0 radical (unpaired) electrons. The normalized spacial score (nSPS) is 12.5. The summed E-state index contributed by atoms with van der Waals surface area (Å²) in [5.74, 6) is -0.951. The van der Waals surface area contributed by atoms with E-state index in [9.17, 15) is 9.59 Å². The van der Waals surface area contributed by atoms with Gasteiger partial charge in [-0.05, 0) is 79.1 Å². The third-order valence-electron chi connectivity index (χ3n) is 3.34. The number of carbonyl (C=O) groups excluding carboxylic acids is 2. The fourth-order valence-corrected chi connectivity index (χ4v) is 15.4. The van der Waals surface area contributed by atoms with Crippen LogP contribution in [0.1, 0.15) is 27.2 Å². The molecule has 1 N–H and O–H groups in total. The number of nitrogens with one attached hydrogen (secondary N) is 1. The van der Waals surface area contributed by atoms with Crippen LogP contribution in [0.2, 0.25) is 51.9 Å². The summed E-state index contributed by atoms with van der Waals surface area (Å²) in [5.41, 5.74) is 0.739. The van der Waals surface area contributed by atoms with E-state index >= 15 is 0 Å². The summed E-state index contributed by atoms with van der Waals surface area (Å²) in [4.78, 5) is 24.3. The molecule has 0 unspecified atom stereocenters. The maximum atomic E-state index is 12.4. The average Bonchev–Trinajstić information content (AvgIpc) is 2.39. The van der Waals surface area contributed by atoms with E-state index in [-0.39, 0.29) is 18.1 Å². The van der Waals surface area contributed by atoms with Gasteiger partial charge in [-0.2, -0.15) is 0 Å². The van der Waals surface area contributed by atoms with Crippen molar-refractivity contribution in [2.45, 2.75) is 79.1 Å². The Bertz CT molecular complexity index is 530. The first-order valence-electron chi connectivity index (χ1n) is 9.63. The summed E-state index contributed by atoms with van der Waals surface area (Å²) in [6, 6.07) is 0.811. The number of carbonyl (C=O) groups is 2.